The maximum Gasteiger partial charge on any atom is 0.282 e. The fraction of sp³-hybridized carbons (Fsp3) is 0.474. The number of nitrogens with zero attached hydrogens (tertiary/aromatic N) is 3. The molecule has 8 heteroatoms. The van der Waals surface area contributed by atoms with E-state index in [-0.39, 0.29) is 12.2 Å². The van der Waals surface area contributed by atoms with Crippen LogP contribution in [0.3, 0.4) is 0 Å². The maximum atomic E-state index is 13.1. The molecule has 1 atom stereocenters. The number of aryl methyl sites for hydroxylation is 4. The zero-order valence-electron chi connectivity index (χ0n) is 16.4. The van der Waals surface area contributed by atoms with E-state index in [0.717, 1.165) is 27.5 Å². The molecule has 0 aliphatic heterocycles. The first-order valence-corrected chi connectivity index (χ1v) is 8.55. The lowest BCUT2D eigenvalue weighted by molar-refractivity contribution is -0.126. The van der Waals surface area contributed by atoms with E-state index in [9.17, 15) is 13.6 Å². The van der Waals surface area contributed by atoms with Gasteiger partial charge in [0.2, 0.25) is 0 Å². The molecule has 0 spiro atoms. The summed E-state index contributed by atoms with van der Waals surface area (Å²) in [5.41, 5.74) is 2.35. The number of aromatic nitrogens is 2. The topological polar surface area (TPSA) is 56.6 Å². The van der Waals surface area contributed by atoms with Gasteiger partial charge in [-0.15, -0.1) is 0 Å². The smallest absolute Gasteiger partial charge is 0.282 e. The third-order valence-electron chi connectivity index (χ3n) is 4.17. The van der Waals surface area contributed by atoms with Crippen LogP contribution in [-0.4, -0.2) is 40.5 Å². The Morgan fingerprint density at radius 1 is 1.26 bits per heavy atom. The van der Waals surface area contributed by atoms with Crippen LogP contribution in [0.15, 0.2) is 18.3 Å². The highest BCUT2D eigenvalue weighted by atomic mass is 19.3. The number of hydroxylamine groups is 2. The van der Waals surface area contributed by atoms with Gasteiger partial charge in [0.1, 0.15) is 18.1 Å². The predicted molar refractivity (Wildman–Crippen MR) is 97.0 cm³/mol. The van der Waals surface area contributed by atoms with Crippen molar-refractivity contribution in [1.82, 2.24) is 14.8 Å². The number of amides is 1. The summed E-state index contributed by atoms with van der Waals surface area (Å²) in [7, 11) is 2.80. The van der Waals surface area contributed by atoms with Gasteiger partial charge in [-0.1, -0.05) is 17.7 Å². The van der Waals surface area contributed by atoms with Crippen molar-refractivity contribution >= 4 is 5.91 Å². The van der Waals surface area contributed by atoms with Crippen LogP contribution in [0.2, 0.25) is 0 Å². The highest BCUT2D eigenvalue weighted by molar-refractivity contribution is 5.94. The zero-order chi connectivity index (χ0) is 20.3. The summed E-state index contributed by atoms with van der Waals surface area (Å²) in [6, 6.07) is 3.52. The Morgan fingerprint density at radius 2 is 1.85 bits per heavy atom. The van der Waals surface area contributed by atoms with E-state index < -0.39 is 24.1 Å². The highest BCUT2D eigenvalue weighted by Gasteiger charge is 2.29. The molecule has 0 N–H and O–H groups in total. The van der Waals surface area contributed by atoms with Gasteiger partial charge in [-0.2, -0.15) is 5.10 Å². The Balaban J connectivity index is 2.17. The largest absolute Gasteiger partial charge is 0.491 e. The Kier molecular flexibility index (Phi) is 6.54. The summed E-state index contributed by atoms with van der Waals surface area (Å²) in [4.78, 5) is 17.9. The lowest BCUT2D eigenvalue weighted by atomic mass is 10.1. The number of benzene rings is 1. The van der Waals surface area contributed by atoms with Crippen molar-refractivity contribution in [3.63, 3.8) is 0 Å². The summed E-state index contributed by atoms with van der Waals surface area (Å²) in [6.07, 6.45) is -1.59. The maximum absolute atomic E-state index is 13.1. The van der Waals surface area contributed by atoms with Gasteiger partial charge in [-0.3, -0.25) is 14.3 Å². The number of hydrogen-bond donors (Lipinski definition) is 0. The minimum atomic E-state index is -2.85. The summed E-state index contributed by atoms with van der Waals surface area (Å²) < 4.78 is 33.4. The van der Waals surface area contributed by atoms with Crippen LogP contribution in [0.1, 0.15) is 46.1 Å². The third-order valence-corrected chi connectivity index (χ3v) is 4.17. The summed E-state index contributed by atoms with van der Waals surface area (Å²) in [5, 5.41) is 4.69. The molecule has 0 aliphatic carbocycles. The lowest BCUT2D eigenvalue weighted by Gasteiger charge is -2.27. The van der Waals surface area contributed by atoms with Crippen molar-refractivity contribution in [1.29, 1.82) is 0 Å². The predicted octanol–water partition coefficient (Wildman–Crippen LogP) is 3.75. The average Bonchev–Trinajstić information content (AvgIpc) is 2.96. The number of rotatable bonds is 7. The number of ether oxygens (including phenoxy) is 1. The van der Waals surface area contributed by atoms with Crippen molar-refractivity contribution in [2.45, 2.75) is 40.2 Å². The van der Waals surface area contributed by atoms with E-state index in [4.69, 9.17) is 9.57 Å². The van der Waals surface area contributed by atoms with Crippen LogP contribution >= 0.6 is 0 Å². The first-order chi connectivity index (χ1) is 12.6. The van der Waals surface area contributed by atoms with Gasteiger partial charge in [0, 0.05) is 13.2 Å². The molecule has 1 heterocycles. The minimum Gasteiger partial charge on any atom is -0.491 e. The van der Waals surface area contributed by atoms with Gasteiger partial charge in [0.15, 0.2) is 0 Å². The number of carbonyl (C=O) groups is 1. The molecule has 2 rings (SSSR count). The quantitative estimate of drug-likeness (QED) is 0.686. The molecule has 0 saturated carbocycles. The zero-order valence-corrected chi connectivity index (χ0v) is 16.4. The molecule has 148 valence electrons. The molecule has 0 fully saturated rings. The third kappa shape index (κ3) is 4.63. The lowest BCUT2D eigenvalue weighted by Crippen LogP contribution is -2.41. The molecule has 2 aromatic rings. The first-order valence-electron chi connectivity index (χ1n) is 8.55. The number of alkyl halides is 2. The van der Waals surface area contributed by atoms with Crippen molar-refractivity contribution in [2.24, 2.45) is 7.05 Å². The van der Waals surface area contributed by atoms with Crippen LogP contribution in [-0.2, 0) is 11.9 Å². The van der Waals surface area contributed by atoms with E-state index in [1.54, 1.807) is 6.92 Å². The van der Waals surface area contributed by atoms with Crippen LogP contribution in [0.25, 0.3) is 0 Å². The van der Waals surface area contributed by atoms with Crippen LogP contribution in [0, 0.1) is 20.8 Å². The van der Waals surface area contributed by atoms with Crippen molar-refractivity contribution in [3.05, 3.63) is 46.3 Å². The second kappa shape index (κ2) is 8.47. The van der Waals surface area contributed by atoms with E-state index in [2.05, 4.69) is 5.10 Å². The van der Waals surface area contributed by atoms with Crippen molar-refractivity contribution < 1.29 is 23.1 Å². The Bertz CT molecular complexity index is 798. The molecule has 1 aromatic heterocycles. The molecule has 0 aliphatic rings. The second-order valence-electron chi connectivity index (χ2n) is 6.60. The first kappa shape index (κ1) is 20.8. The van der Waals surface area contributed by atoms with Gasteiger partial charge in [0.25, 0.3) is 12.3 Å². The Hall–Kier alpha value is -2.48. The van der Waals surface area contributed by atoms with E-state index in [1.807, 2.05) is 32.9 Å². The van der Waals surface area contributed by atoms with Gasteiger partial charge < -0.3 is 4.74 Å². The van der Waals surface area contributed by atoms with Gasteiger partial charge in [-0.05, 0) is 38.8 Å². The molecule has 0 saturated heterocycles. The molecule has 27 heavy (non-hydrogen) atoms. The fourth-order valence-electron chi connectivity index (χ4n) is 3.08. The molecule has 0 bridgehead atoms. The van der Waals surface area contributed by atoms with Gasteiger partial charge in [0.05, 0.1) is 18.7 Å². The van der Waals surface area contributed by atoms with Crippen molar-refractivity contribution in [3.8, 4) is 5.75 Å². The van der Waals surface area contributed by atoms with Crippen LogP contribution in [0.4, 0.5) is 8.78 Å². The second-order valence-corrected chi connectivity index (χ2v) is 6.60. The summed E-state index contributed by atoms with van der Waals surface area (Å²) in [5.74, 6) is 0.0555. The molecule has 6 nitrogen and oxygen atoms in total. The summed E-state index contributed by atoms with van der Waals surface area (Å²) >= 11 is 0. The van der Waals surface area contributed by atoms with E-state index in [0.29, 0.717) is 0 Å². The molecular weight excluding hydrogens is 356 g/mol. The van der Waals surface area contributed by atoms with Gasteiger partial charge in [-0.25, -0.2) is 13.8 Å². The molecule has 1 aromatic carbocycles. The number of carbonyl (C=O) groups excluding carboxylic acids is 1. The minimum absolute atomic E-state index is 0.147. The van der Waals surface area contributed by atoms with Crippen LogP contribution in [0.5, 0.6) is 5.75 Å². The molecule has 1 amide bonds. The Labute approximate surface area is 157 Å². The van der Waals surface area contributed by atoms with E-state index in [1.165, 1.54) is 25.0 Å². The van der Waals surface area contributed by atoms with E-state index >= 15 is 0 Å². The molecule has 1 unspecified atom stereocenters. The Morgan fingerprint density at radius 3 is 2.37 bits per heavy atom. The monoisotopic (exact) mass is 381 g/mol. The molecule has 0 radical (unpaired) electrons. The average molecular weight is 381 g/mol. The fourth-order valence-corrected chi connectivity index (χ4v) is 3.08. The number of halogens is 2. The number of hydrogen-bond acceptors (Lipinski definition) is 4. The van der Waals surface area contributed by atoms with Crippen molar-refractivity contribution in [2.75, 3.05) is 13.7 Å². The van der Waals surface area contributed by atoms with Crippen LogP contribution < -0.4 is 4.74 Å². The standard InChI is InChI=1S/C19H25F2N3O3/c1-11-7-12(2)17(13(3)8-11)27-10-14(4)24(26-6)19(25)15-9-23(5)22-16(15)18(20)21/h7-9,14,18H,10H2,1-6H3. The SMILES string of the molecule is CON(C(=O)c1cn(C)nc1C(F)F)C(C)COc1c(C)cc(C)cc1C. The highest BCUT2D eigenvalue weighted by Crippen LogP contribution is 2.26. The van der Waals surface area contributed by atoms with Gasteiger partial charge >= 0.3 is 0 Å². The molecular formula is C19H25F2N3O3. The summed E-state index contributed by atoms with van der Waals surface area (Å²) in [6.45, 7) is 7.77. The normalized spacial score (nSPS) is 12.3.